The van der Waals surface area contributed by atoms with E-state index in [2.05, 4.69) is 56.1 Å². The van der Waals surface area contributed by atoms with Crippen LogP contribution >= 0.6 is 15.9 Å². The van der Waals surface area contributed by atoms with E-state index in [1.165, 1.54) is 21.3 Å². The van der Waals surface area contributed by atoms with Gasteiger partial charge < -0.3 is 0 Å². The largest absolute Gasteiger partial charge is 0.294 e. The minimum absolute atomic E-state index is 0.985. The topological polar surface area (TPSA) is 16.1 Å². The summed E-state index contributed by atoms with van der Waals surface area (Å²) in [6.07, 6.45) is 2.93. The summed E-state index contributed by atoms with van der Waals surface area (Å²) < 4.78 is 1.19. The highest BCUT2D eigenvalue weighted by Crippen LogP contribution is 2.25. The molecule has 2 nitrogen and oxygen atoms in total. The quantitative estimate of drug-likeness (QED) is 0.845. The zero-order valence-corrected chi connectivity index (χ0v) is 11.7. The molecular formula is C15H15BrN2. The van der Waals surface area contributed by atoms with Crippen LogP contribution in [0.15, 0.2) is 47.1 Å². The fourth-order valence-electron chi connectivity index (χ4n) is 2.43. The minimum Gasteiger partial charge on any atom is -0.294 e. The Bertz CT molecular complexity index is 539. The van der Waals surface area contributed by atoms with Gasteiger partial charge in [0.2, 0.25) is 0 Å². The second kappa shape index (κ2) is 5.21. The van der Waals surface area contributed by atoms with Gasteiger partial charge in [-0.2, -0.15) is 0 Å². The van der Waals surface area contributed by atoms with Crippen molar-refractivity contribution in [2.75, 3.05) is 6.54 Å². The Kier molecular flexibility index (Phi) is 3.43. The molecule has 0 N–H and O–H groups in total. The fourth-order valence-corrected chi connectivity index (χ4v) is 2.91. The number of benzene rings is 1. The molecule has 0 saturated heterocycles. The number of hydrogen-bond acceptors (Lipinski definition) is 2. The molecule has 3 heteroatoms. The number of nitrogens with zero attached hydrogens (tertiary/aromatic N) is 2. The number of hydrogen-bond donors (Lipinski definition) is 0. The van der Waals surface area contributed by atoms with Crippen LogP contribution < -0.4 is 0 Å². The molecule has 0 radical (unpaired) electrons. The molecule has 2 heterocycles. The maximum atomic E-state index is 4.46. The lowest BCUT2D eigenvalue weighted by molar-refractivity contribution is 0.243. The number of pyridine rings is 1. The molecule has 0 amide bonds. The average Bonchev–Trinajstić information content (AvgIpc) is 2.41. The molecule has 0 fully saturated rings. The molecule has 18 heavy (non-hydrogen) atoms. The number of fused-ring (bicyclic) bond motifs is 1. The van der Waals surface area contributed by atoms with Crippen LogP contribution in [0.2, 0.25) is 0 Å². The van der Waals surface area contributed by atoms with Crippen molar-refractivity contribution in [3.8, 4) is 0 Å². The van der Waals surface area contributed by atoms with E-state index in [1.807, 2.05) is 12.3 Å². The van der Waals surface area contributed by atoms with E-state index in [0.717, 1.165) is 26.1 Å². The van der Waals surface area contributed by atoms with Crippen LogP contribution in [-0.4, -0.2) is 16.4 Å². The first-order chi connectivity index (χ1) is 8.83. The number of halogens is 1. The summed E-state index contributed by atoms with van der Waals surface area (Å²) in [5.41, 5.74) is 3.97. The Morgan fingerprint density at radius 3 is 2.83 bits per heavy atom. The van der Waals surface area contributed by atoms with Crippen LogP contribution in [0.5, 0.6) is 0 Å². The SMILES string of the molecule is Brc1ccnc2c1CN(Cc1ccccc1)CC2. The minimum atomic E-state index is 0.985. The molecule has 1 aliphatic rings. The standard InChI is InChI=1S/C15H15BrN2/c16-14-6-8-17-15-7-9-18(11-13(14)15)10-12-4-2-1-3-5-12/h1-6,8H,7,9-11H2. The van der Waals surface area contributed by atoms with Gasteiger partial charge in [0.1, 0.15) is 0 Å². The van der Waals surface area contributed by atoms with Crippen LogP contribution in [0, 0.1) is 0 Å². The highest BCUT2D eigenvalue weighted by Gasteiger charge is 2.19. The number of rotatable bonds is 2. The molecule has 92 valence electrons. The molecule has 0 atom stereocenters. The van der Waals surface area contributed by atoms with E-state index in [0.29, 0.717) is 0 Å². The molecule has 3 rings (SSSR count). The van der Waals surface area contributed by atoms with Crippen LogP contribution in [-0.2, 0) is 19.5 Å². The van der Waals surface area contributed by atoms with Crippen molar-refractivity contribution in [2.45, 2.75) is 19.5 Å². The van der Waals surface area contributed by atoms with Crippen molar-refractivity contribution in [3.05, 3.63) is 63.9 Å². The lowest BCUT2D eigenvalue weighted by Crippen LogP contribution is -2.30. The summed E-state index contributed by atoms with van der Waals surface area (Å²) in [5, 5.41) is 0. The van der Waals surface area contributed by atoms with Crippen LogP contribution in [0.1, 0.15) is 16.8 Å². The first-order valence-electron chi connectivity index (χ1n) is 6.21. The highest BCUT2D eigenvalue weighted by atomic mass is 79.9. The van der Waals surface area contributed by atoms with E-state index in [9.17, 15) is 0 Å². The van der Waals surface area contributed by atoms with Gasteiger partial charge in [-0.15, -0.1) is 0 Å². The van der Waals surface area contributed by atoms with Gasteiger partial charge in [0.25, 0.3) is 0 Å². The first kappa shape index (κ1) is 11.9. The van der Waals surface area contributed by atoms with Gasteiger partial charge in [-0.05, 0) is 11.6 Å². The summed E-state index contributed by atoms with van der Waals surface area (Å²) in [6.45, 7) is 3.09. The van der Waals surface area contributed by atoms with Crippen molar-refractivity contribution in [2.24, 2.45) is 0 Å². The molecule has 1 aliphatic heterocycles. The molecule has 1 aromatic heterocycles. The third-order valence-corrected chi connectivity index (χ3v) is 4.13. The summed E-state index contributed by atoms with van der Waals surface area (Å²) in [5.74, 6) is 0. The second-order valence-electron chi connectivity index (χ2n) is 4.66. The fraction of sp³-hybridized carbons (Fsp3) is 0.267. The summed E-state index contributed by atoms with van der Waals surface area (Å²) in [7, 11) is 0. The van der Waals surface area contributed by atoms with Crippen molar-refractivity contribution in [3.63, 3.8) is 0 Å². The van der Waals surface area contributed by atoms with E-state index < -0.39 is 0 Å². The van der Waals surface area contributed by atoms with Crippen molar-refractivity contribution in [1.82, 2.24) is 9.88 Å². The molecule has 0 bridgehead atoms. The Morgan fingerprint density at radius 1 is 1.17 bits per heavy atom. The Labute approximate surface area is 116 Å². The average molecular weight is 303 g/mol. The maximum Gasteiger partial charge on any atom is 0.0472 e. The van der Waals surface area contributed by atoms with Crippen molar-refractivity contribution in [1.29, 1.82) is 0 Å². The van der Waals surface area contributed by atoms with Crippen LogP contribution in [0.25, 0.3) is 0 Å². The highest BCUT2D eigenvalue weighted by molar-refractivity contribution is 9.10. The first-order valence-corrected chi connectivity index (χ1v) is 7.01. The third-order valence-electron chi connectivity index (χ3n) is 3.38. The smallest absolute Gasteiger partial charge is 0.0472 e. The lowest BCUT2D eigenvalue weighted by atomic mass is 10.1. The monoisotopic (exact) mass is 302 g/mol. The van der Waals surface area contributed by atoms with E-state index in [4.69, 9.17) is 0 Å². The van der Waals surface area contributed by atoms with Crippen molar-refractivity contribution < 1.29 is 0 Å². The predicted octanol–water partition coefficient (Wildman–Crippen LogP) is 3.40. The third kappa shape index (κ3) is 2.47. The number of aromatic nitrogens is 1. The Balaban J connectivity index is 1.77. The van der Waals surface area contributed by atoms with E-state index in [-0.39, 0.29) is 0 Å². The Morgan fingerprint density at radius 2 is 2.00 bits per heavy atom. The van der Waals surface area contributed by atoms with E-state index in [1.54, 1.807) is 0 Å². The molecule has 0 unspecified atom stereocenters. The van der Waals surface area contributed by atoms with Crippen LogP contribution in [0.4, 0.5) is 0 Å². The van der Waals surface area contributed by atoms with E-state index >= 15 is 0 Å². The molecule has 1 aromatic carbocycles. The van der Waals surface area contributed by atoms with Crippen LogP contribution in [0.3, 0.4) is 0 Å². The van der Waals surface area contributed by atoms with Crippen molar-refractivity contribution >= 4 is 15.9 Å². The molecule has 0 saturated carbocycles. The van der Waals surface area contributed by atoms with Gasteiger partial charge in [0, 0.05) is 48.0 Å². The van der Waals surface area contributed by atoms with Gasteiger partial charge in [-0.3, -0.25) is 9.88 Å². The summed E-state index contributed by atoms with van der Waals surface area (Å²) in [6, 6.07) is 12.7. The van der Waals surface area contributed by atoms with Gasteiger partial charge in [0.05, 0.1) is 0 Å². The molecule has 0 spiro atoms. The molecular weight excluding hydrogens is 288 g/mol. The predicted molar refractivity (Wildman–Crippen MR) is 76.2 cm³/mol. The van der Waals surface area contributed by atoms with Gasteiger partial charge in [-0.25, -0.2) is 0 Å². The molecule has 0 aliphatic carbocycles. The van der Waals surface area contributed by atoms with Gasteiger partial charge in [-0.1, -0.05) is 46.3 Å². The Hall–Kier alpha value is -1.19. The molecule has 2 aromatic rings. The lowest BCUT2D eigenvalue weighted by Gasteiger charge is -2.28. The van der Waals surface area contributed by atoms with Gasteiger partial charge >= 0.3 is 0 Å². The summed E-state index contributed by atoms with van der Waals surface area (Å²) in [4.78, 5) is 6.94. The normalized spacial score (nSPS) is 15.4. The maximum absolute atomic E-state index is 4.46. The summed E-state index contributed by atoms with van der Waals surface area (Å²) >= 11 is 3.63. The van der Waals surface area contributed by atoms with Gasteiger partial charge in [0.15, 0.2) is 0 Å². The second-order valence-corrected chi connectivity index (χ2v) is 5.52. The zero-order valence-electron chi connectivity index (χ0n) is 10.1. The zero-order chi connectivity index (χ0) is 12.4.